The molecule has 124 valence electrons. The fraction of sp³-hybridized carbons (Fsp3) is 0.125. The molecule has 0 fully saturated rings. The van der Waals surface area contributed by atoms with Crippen molar-refractivity contribution < 1.29 is 23.7 Å². The zero-order valence-electron chi connectivity index (χ0n) is 12.7. The third kappa shape index (κ3) is 4.80. The minimum absolute atomic E-state index is 0.154. The Morgan fingerprint density at radius 1 is 1.33 bits per heavy atom. The van der Waals surface area contributed by atoms with Crippen molar-refractivity contribution in [1.82, 2.24) is 0 Å². The molecule has 0 spiro atoms. The van der Waals surface area contributed by atoms with Crippen LogP contribution in [-0.4, -0.2) is 22.9 Å². The lowest BCUT2D eigenvalue weighted by Crippen LogP contribution is -2.29. The zero-order chi connectivity index (χ0) is 17.5. The second-order valence-electron chi connectivity index (χ2n) is 4.72. The first kappa shape index (κ1) is 16.9. The Bertz CT molecular complexity index is 767. The largest absolute Gasteiger partial charge is 0.465 e. The minimum Gasteiger partial charge on any atom is -0.465 e. The van der Waals surface area contributed by atoms with E-state index in [0.29, 0.717) is 5.76 Å². The van der Waals surface area contributed by atoms with Crippen LogP contribution in [0.1, 0.15) is 12.7 Å². The van der Waals surface area contributed by atoms with Crippen LogP contribution in [0.2, 0.25) is 0 Å². The number of carbonyl (C=O) groups excluding carboxylic acids is 2. The maximum absolute atomic E-state index is 12.0. The Morgan fingerprint density at radius 2 is 2.12 bits per heavy atom. The molecule has 1 atom stereocenters. The number of ether oxygens (including phenoxy) is 1. The summed E-state index contributed by atoms with van der Waals surface area (Å²) in [6, 6.07) is 8.77. The van der Waals surface area contributed by atoms with Crippen molar-refractivity contribution in [1.29, 1.82) is 0 Å². The summed E-state index contributed by atoms with van der Waals surface area (Å²) < 4.78 is 9.96. The third-order valence-electron chi connectivity index (χ3n) is 2.91. The number of esters is 1. The summed E-state index contributed by atoms with van der Waals surface area (Å²) in [4.78, 5) is 33.7. The summed E-state index contributed by atoms with van der Waals surface area (Å²) in [6.45, 7) is 1.39. The van der Waals surface area contributed by atoms with E-state index in [4.69, 9.17) is 9.15 Å². The Labute approximate surface area is 136 Å². The number of benzene rings is 1. The first-order valence-electron chi connectivity index (χ1n) is 6.93. The topological polar surface area (TPSA) is 112 Å². The molecule has 0 unspecified atom stereocenters. The smallest absolute Gasteiger partial charge is 0.331 e. The van der Waals surface area contributed by atoms with Gasteiger partial charge in [0.15, 0.2) is 6.10 Å². The average Bonchev–Trinajstić information content (AvgIpc) is 3.06. The SMILES string of the molecule is C[C@@H](OC(=O)/C=C/c1ccco1)C(=O)Nc1cccc([N+](=O)[O-])c1. The lowest BCUT2D eigenvalue weighted by atomic mass is 10.2. The van der Waals surface area contributed by atoms with Crippen molar-refractivity contribution in [2.45, 2.75) is 13.0 Å². The van der Waals surface area contributed by atoms with Gasteiger partial charge in [0.2, 0.25) is 0 Å². The minimum atomic E-state index is -1.07. The molecule has 0 aliphatic heterocycles. The third-order valence-corrected chi connectivity index (χ3v) is 2.91. The van der Waals surface area contributed by atoms with Crippen LogP contribution in [0.4, 0.5) is 11.4 Å². The van der Waals surface area contributed by atoms with Gasteiger partial charge in [-0.15, -0.1) is 0 Å². The normalized spacial score (nSPS) is 11.9. The van der Waals surface area contributed by atoms with E-state index in [9.17, 15) is 19.7 Å². The Hall–Kier alpha value is -3.42. The first-order valence-corrected chi connectivity index (χ1v) is 6.93. The van der Waals surface area contributed by atoms with Gasteiger partial charge in [-0.05, 0) is 31.2 Å². The van der Waals surface area contributed by atoms with Crippen molar-refractivity contribution in [2.24, 2.45) is 0 Å². The van der Waals surface area contributed by atoms with Crippen LogP contribution in [0.15, 0.2) is 53.2 Å². The Balaban J connectivity index is 1.91. The van der Waals surface area contributed by atoms with Crippen LogP contribution in [-0.2, 0) is 14.3 Å². The highest BCUT2D eigenvalue weighted by atomic mass is 16.6. The molecule has 2 rings (SSSR count). The van der Waals surface area contributed by atoms with Gasteiger partial charge < -0.3 is 14.5 Å². The number of hydrogen-bond acceptors (Lipinski definition) is 6. The number of nitrogens with one attached hydrogen (secondary N) is 1. The number of nitro benzene ring substituents is 1. The fourth-order valence-corrected chi connectivity index (χ4v) is 1.74. The maximum atomic E-state index is 12.0. The summed E-state index contributed by atoms with van der Waals surface area (Å²) in [5.41, 5.74) is 0.0852. The monoisotopic (exact) mass is 330 g/mol. The first-order chi connectivity index (χ1) is 11.5. The fourth-order valence-electron chi connectivity index (χ4n) is 1.74. The van der Waals surface area contributed by atoms with E-state index < -0.39 is 22.9 Å². The zero-order valence-corrected chi connectivity index (χ0v) is 12.7. The molecule has 1 amide bonds. The molecule has 0 radical (unpaired) electrons. The lowest BCUT2D eigenvalue weighted by molar-refractivity contribution is -0.384. The molecule has 0 saturated carbocycles. The average molecular weight is 330 g/mol. The number of non-ortho nitro benzene ring substituents is 1. The van der Waals surface area contributed by atoms with Crippen molar-refractivity contribution in [2.75, 3.05) is 5.32 Å². The van der Waals surface area contributed by atoms with Gasteiger partial charge in [-0.25, -0.2) is 4.79 Å². The van der Waals surface area contributed by atoms with Crippen molar-refractivity contribution in [3.05, 3.63) is 64.6 Å². The summed E-state index contributed by atoms with van der Waals surface area (Å²) in [5.74, 6) is -0.844. The molecule has 8 heteroatoms. The van der Waals surface area contributed by atoms with Crippen LogP contribution < -0.4 is 5.32 Å². The van der Waals surface area contributed by atoms with E-state index in [2.05, 4.69) is 5.32 Å². The molecule has 0 saturated heterocycles. The van der Waals surface area contributed by atoms with Gasteiger partial charge in [0.05, 0.1) is 11.2 Å². The molecule has 0 aliphatic rings. The van der Waals surface area contributed by atoms with Crippen LogP contribution in [0.25, 0.3) is 6.08 Å². The number of anilines is 1. The molecule has 8 nitrogen and oxygen atoms in total. The molecule has 0 aliphatic carbocycles. The Morgan fingerprint density at radius 3 is 2.79 bits per heavy atom. The van der Waals surface area contributed by atoms with Gasteiger partial charge in [0.1, 0.15) is 5.76 Å². The summed E-state index contributed by atoms with van der Waals surface area (Å²) in [6.07, 6.45) is 2.93. The number of nitrogens with zero attached hydrogens (tertiary/aromatic N) is 1. The number of nitro groups is 1. The van der Waals surface area contributed by atoms with Gasteiger partial charge in [-0.2, -0.15) is 0 Å². The van der Waals surface area contributed by atoms with E-state index in [0.717, 1.165) is 6.08 Å². The van der Waals surface area contributed by atoms with Crippen molar-refractivity contribution >= 4 is 29.3 Å². The van der Waals surface area contributed by atoms with Gasteiger partial charge >= 0.3 is 5.97 Å². The molecule has 1 heterocycles. The van der Waals surface area contributed by atoms with Crippen LogP contribution in [0, 0.1) is 10.1 Å². The van der Waals surface area contributed by atoms with Crippen LogP contribution >= 0.6 is 0 Å². The van der Waals surface area contributed by atoms with E-state index in [1.807, 2.05) is 0 Å². The van der Waals surface area contributed by atoms with Gasteiger partial charge in [-0.1, -0.05) is 6.07 Å². The molecule has 1 aromatic carbocycles. The highest BCUT2D eigenvalue weighted by Gasteiger charge is 2.17. The molecule has 1 N–H and O–H groups in total. The second kappa shape index (κ2) is 7.73. The van der Waals surface area contributed by atoms with Crippen LogP contribution in [0.3, 0.4) is 0 Å². The molecule has 1 aromatic heterocycles. The van der Waals surface area contributed by atoms with Gasteiger partial charge in [-0.3, -0.25) is 14.9 Å². The summed E-state index contributed by atoms with van der Waals surface area (Å²) in [7, 11) is 0. The van der Waals surface area contributed by atoms with E-state index in [1.54, 1.807) is 12.1 Å². The molecule has 24 heavy (non-hydrogen) atoms. The highest BCUT2D eigenvalue weighted by molar-refractivity contribution is 5.96. The van der Waals surface area contributed by atoms with Crippen LogP contribution in [0.5, 0.6) is 0 Å². The number of amides is 1. The van der Waals surface area contributed by atoms with Crippen molar-refractivity contribution in [3.8, 4) is 0 Å². The van der Waals surface area contributed by atoms with E-state index in [1.165, 1.54) is 43.5 Å². The lowest BCUT2D eigenvalue weighted by Gasteiger charge is -2.12. The second-order valence-corrected chi connectivity index (χ2v) is 4.72. The van der Waals surface area contributed by atoms with Crippen molar-refractivity contribution in [3.63, 3.8) is 0 Å². The number of rotatable bonds is 6. The number of hydrogen-bond donors (Lipinski definition) is 1. The predicted octanol–water partition coefficient (Wildman–Crippen LogP) is 2.77. The van der Waals surface area contributed by atoms with Gasteiger partial charge in [0.25, 0.3) is 11.6 Å². The van der Waals surface area contributed by atoms with E-state index in [-0.39, 0.29) is 11.4 Å². The molecular weight excluding hydrogens is 316 g/mol. The quantitative estimate of drug-likeness (QED) is 0.377. The standard InChI is InChI=1S/C16H14N2O6/c1-11(24-15(19)8-7-14-6-3-9-23-14)16(20)17-12-4-2-5-13(10-12)18(21)22/h2-11H,1H3,(H,17,20)/b8-7+/t11-/m1/s1. The summed E-state index contributed by atoms with van der Waals surface area (Å²) >= 11 is 0. The maximum Gasteiger partial charge on any atom is 0.331 e. The number of furan rings is 1. The predicted molar refractivity (Wildman–Crippen MR) is 85.0 cm³/mol. The number of carbonyl (C=O) groups is 2. The molecule has 2 aromatic rings. The Kier molecular flexibility index (Phi) is 5.45. The van der Waals surface area contributed by atoms with Gasteiger partial charge in [0, 0.05) is 23.9 Å². The highest BCUT2D eigenvalue weighted by Crippen LogP contribution is 2.17. The summed E-state index contributed by atoms with van der Waals surface area (Å²) in [5, 5.41) is 13.1. The van der Waals surface area contributed by atoms with E-state index >= 15 is 0 Å². The molecular formula is C16H14N2O6. The molecule has 0 bridgehead atoms.